The maximum atomic E-state index is 9.90. The average molecular weight is 262 g/mol. The highest BCUT2D eigenvalue weighted by Crippen LogP contribution is 2.11. The number of aliphatic hydroxyl groups is 5. The number of carbonyl (C=O) groups is 1. The number of rotatable bonds is 5. The second-order valence-corrected chi connectivity index (χ2v) is 3.16. The van der Waals surface area contributed by atoms with Crippen LogP contribution in [0.15, 0.2) is 0 Å². The van der Waals surface area contributed by atoms with E-state index in [9.17, 15) is 4.79 Å². The van der Waals surface area contributed by atoms with E-state index in [1.807, 2.05) is 0 Å². The topological polar surface area (TPSA) is 179 Å². The van der Waals surface area contributed by atoms with Crippen molar-refractivity contribution >= 4 is 14.9 Å². The minimum atomic E-state index is -2.62. The minimum Gasteiger partial charge on any atom is -0.394 e. The van der Waals surface area contributed by atoms with Gasteiger partial charge in [-0.25, -0.2) is 0 Å². The fraction of sp³-hybridized carbons (Fsp3) is 0.833. The molecule has 9 nitrogen and oxygen atoms in total. The van der Waals surface area contributed by atoms with E-state index in [4.69, 9.17) is 40.2 Å². The Kier molecular flexibility index (Phi) is 11.3. The van der Waals surface area contributed by atoms with Crippen LogP contribution >= 0.6 is 8.60 Å². The van der Waals surface area contributed by atoms with Gasteiger partial charge in [0.2, 0.25) is 0 Å². The molecule has 0 aliphatic heterocycles. The zero-order chi connectivity index (χ0) is 13.3. The molecule has 4 atom stereocenters. The molecule has 0 aromatic heterocycles. The summed E-state index contributed by atoms with van der Waals surface area (Å²) < 4.78 is 0. The van der Waals surface area contributed by atoms with Gasteiger partial charge in [0.25, 0.3) is 0 Å². The van der Waals surface area contributed by atoms with Crippen LogP contribution < -0.4 is 0 Å². The molecular formula is C6H15O9P. The third-order valence-corrected chi connectivity index (χ3v) is 1.42. The molecule has 0 aromatic carbocycles. The third-order valence-electron chi connectivity index (χ3n) is 1.42. The standard InChI is InChI=1S/C6H12O6.H3O3P/c7-1-3(9)5(11)6(12)4(10)2-8;1-4(2)3/h1,3-6,8-12H,2H2;1-3H/t3-,4+,5+,6+;/m0./s1. The van der Waals surface area contributed by atoms with Crippen LogP contribution in [0.4, 0.5) is 0 Å². The fourth-order valence-corrected chi connectivity index (χ4v) is 0.618. The number of aldehydes is 1. The number of hydrogen-bond acceptors (Lipinski definition) is 9. The first-order valence-corrected chi connectivity index (χ1v) is 5.13. The number of aliphatic hydroxyl groups excluding tert-OH is 5. The third kappa shape index (κ3) is 9.04. The monoisotopic (exact) mass is 262 g/mol. The maximum Gasteiger partial charge on any atom is 0.324 e. The predicted octanol–water partition coefficient (Wildman–Crippen LogP) is -4.19. The van der Waals surface area contributed by atoms with Gasteiger partial charge in [0.05, 0.1) is 6.61 Å². The van der Waals surface area contributed by atoms with Crippen LogP contribution in [0.3, 0.4) is 0 Å². The van der Waals surface area contributed by atoms with Crippen LogP contribution in [0.2, 0.25) is 0 Å². The Morgan fingerprint density at radius 3 is 1.62 bits per heavy atom. The van der Waals surface area contributed by atoms with Gasteiger partial charge in [0, 0.05) is 0 Å². The lowest BCUT2D eigenvalue weighted by Crippen LogP contribution is -2.46. The summed E-state index contributed by atoms with van der Waals surface area (Å²) in [6.45, 7) is -0.760. The summed E-state index contributed by atoms with van der Waals surface area (Å²) >= 11 is 0. The van der Waals surface area contributed by atoms with Crippen molar-refractivity contribution in [1.82, 2.24) is 0 Å². The summed E-state index contributed by atoms with van der Waals surface area (Å²) in [5.74, 6) is 0. The van der Waals surface area contributed by atoms with E-state index in [2.05, 4.69) is 0 Å². The Hall–Kier alpha value is -0.220. The molecule has 0 aromatic rings. The average Bonchev–Trinajstić information content (AvgIpc) is 2.24. The highest BCUT2D eigenvalue weighted by molar-refractivity contribution is 7.38. The van der Waals surface area contributed by atoms with Gasteiger partial charge in [-0.1, -0.05) is 0 Å². The summed E-state index contributed by atoms with van der Waals surface area (Å²) in [5, 5.41) is 43.5. The Labute approximate surface area is 91.8 Å². The van der Waals surface area contributed by atoms with E-state index in [0.717, 1.165) is 0 Å². The Morgan fingerprint density at radius 1 is 1.00 bits per heavy atom. The number of hydrogen-bond donors (Lipinski definition) is 8. The molecule has 0 spiro atoms. The van der Waals surface area contributed by atoms with Crippen molar-refractivity contribution in [2.45, 2.75) is 24.4 Å². The normalized spacial score (nSPS) is 18.1. The predicted molar refractivity (Wildman–Crippen MR) is 50.8 cm³/mol. The van der Waals surface area contributed by atoms with Gasteiger partial charge in [-0.05, 0) is 0 Å². The quantitative estimate of drug-likeness (QED) is 0.180. The Bertz CT molecular complexity index is 175. The van der Waals surface area contributed by atoms with E-state index >= 15 is 0 Å². The second-order valence-electron chi connectivity index (χ2n) is 2.63. The summed E-state index contributed by atoms with van der Waals surface area (Å²) in [5.41, 5.74) is 0. The van der Waals surface area contributed by atoms with Gasteiger partial charge in [0.15, 0.2) is 6.29 Å². The SMILES string of the molecule is O=C[C@H](O)[C@@H](O)[C@H](O)[C@H](O)CO.OP(O)O. The highest BCUT2D eigenvalue weighted by atomic mass is 31.2. The van der Waals surface area contributed by atoms with Crippen LogP contribution in [0, 0.1) is 0 Å². The summed E-state index contributed by atoms with van der Waals surface area (Å²) in [4.78, 5) is 31.6. The van der Waals surface area contributed by atoms with E-state index < -0.39 is 39.6 Å². The summed E-state index contributed by atoms with van der Waals surface area (Å²) in [6.07, 6.45) is -6.84. The van der Waals surface area contributed by atoms with Crippen LogP contribution in [0.5, 0.6) is 0 Å². The largest absolute Gasteiger partial charge is 0.394 e. The van der Waals surface area contributed by atoms with E-state index in [-0.39, 0.29) is 6.29 Å². The van der Waals surface area contributed by atoms with Crippen molar-refractivity contribution in [3.8, 4) is 0 Å². The van der Waals surface area contributed by atoms with Crippen molar-refractivity contribution < 1.29 is 45.0 Å². The molecule has 0 amide bonds. The summed E-state index contributed by atoms with van der Waals surface area (Å²) in [6, 6.07) is 0. The van der Waals surface area contributed by atoms with Gasteiger partial charge >= 0.3 is 8.60 Å². The summed E-state index contributed by atoms with van der Waals surface area (Å²) in [7, 11) is -2.62. The molecule has 0 heterocycles. The Balaban J connectivity index is 0. The molecule has 0 saturated heterocycles. The van der Waals surface area contributed by atoms with Crippen LogP contribution in [0.1, 0.15) is 0 Å². The van der Waals surface area contributed by atoms with Crippen molar-refractivity contribution in [2.75, 3.05) is 6.61 Å². The van der Waals surface area contributed by atoms with Gasteiger partial charge in [0.1, 0.15) is 24.4 Å². The van der Waals surface area contributed by atoms with Crippen molar-refractivity contribution in [3.63, 3.8) is 0 Å². The first-order chi connectivity index (χ1) is 7.27. The van der Waals surface area contributed by atoms with Crippen molar-refractivity contribution in [1.29, 1.82) is 0 Å². The second kappa shape index (κ2) is 9.97. The molecule has 98 valence electrons. The van der Waals surface area contributed by atoms with Crippen molar-refractivity contribution in [2.24, 2.45) is 0 Å². The maximum absolute atomic E-state index is 9.90. The molecule has 0 saturated carbocycles. The lowest BCUT2D eigenvalue weighted by atomic mass is 10.0. The number of carbonyl (C=O) groups excluding carboxylic acids is 1. The molecule has 0 aliphatic rings. The zero-order valence-corrected chi connectivity index (χ0v) is 8.92. The zero-order valence-electron chi connectivity index (χ0n) is 8.03. The highest BCUT2D eigenvalue weighted by Gasteiger charge is 2.29. The lowest BCUT2D eigenvalue weighted by molar-refractivity contribution is -0.136. The molecule has 10 heteroatoms. The van der Waals surface area contributed by atoms with Gasteiger partial charge in [-0.15, -0.1) is 0 Å². The van der Waals surface area contributed by atoms with E-state index in [1.54, 1.807) is 0 Å². The minimum absolute atomic E-state index is 0.0258. The fourth-order valence-electron chi connectivity index (χ4n) is 0.618. The lowest BCUT2D eigenvalue weighted by Gasteiger charge is -2.22. The van der Waals surface area contributed by atoms with Crippen LogP contribution in [-0.2, 0) is 4.79 Å². The van der Waals surface area contributed by atoms with E-state index in [0.29, 0.717) is 0 Å². The molecule has 0 bridgehead atoms. The molecule has 16 heavy (non-hydrogen) atoms. The molecule has 8 N–H and O–H groups in total. The molecule has 0 fully saturated rings. The molecule has 0 radical (unpaired) electrons. The van der Waals surface area contributed by atoms with Gasteiger partial charge < -0.3 is 45.0 Å². The van der Waals surface area contributed by atoms with Crippen LogP contribution in [0.25, 0.3) is 0 Å². The van der Waals surface area contributed by atoms with Crippen molar-refractivity contribution in [3.05, 3.63) is 0 Å². The van der Waals surface area contributed by atoms with Gasteiger partial charge in [-0.3, -0.25) is 0 Å². The molecule has 0 aliphatic carbocycles. The van der Waals surface area contributed by atoms with Crippen LogP contribution in [-0.4, -0.2) is 77.5 Å². The smallest absolute Gasteiger partial charge is 0.324 e. The Morgan fingerprint density at radius 2 is 1.38 bits per heavy atom. The first kappa shape index (κ1) is 18.2. The first-order valence-electron chi connectivity index (χ1n) is 3.93. The molecule has 0 rings (SSSR count). The van der Waals surface area contributed by atoms with Gasteiger partial charge in [-0.2, -0.15) is 0 Å². The molecule has 0 unspecified atom stereocenters. The van der Waals surface area contributed by atoms with E-state index in [1.165, 1.54) is 0 Å². The molecular weight excluding hydrogens is 247 g/mol.